The quantitative estimate of drug-likeness (QED) is 0.401. The maximum Gasteiger partial charge on any atom is 0.226 e. The van der Waals surface area contributed by atoms with Gasteiger partial charge in [0.15, 0.2) is 27.9 Å². The van der Waals surface area contributed by atoms with Crippen LogP contribution in [-0.2, 0) is 4.74 Å². The molecule has 0 aliphatic carbocycles. The summed E-state index contributed by atoms with van der Waals surface area (Å²) in [7, 11) is 0. The summed E-state index contributed by atoms with van der Waals surface area (Å²) in [4.78, 5) is 12.0. The molecule has 0 bridgehead atoms. The largest absolute Gasteiger partial charge is 0.394 e. The molecule has 1 fully saturated rings. The van der Waals surface area contributed by atoms with Gasteiger partial charge in [-0.25, -0.2) is 4.98 Å². The predicted octanol–water partition coefficient (Wildman–Crippen LogP) is -0.564. The standard InChI is InChI=1S/C10H11BrClN5O4/c11-9-14-3-6(13)15-10(12)16-7(3)17(9)8-5(20)4(19)2(1-18)21-8/h2,4-5,8,18-20H,1H2,(H2,13,15,16)/t2-,4-,5-,8-/m1/s1. The first-order valence-corrected chi connectivity index (χ1v) is 7.10. The first kappa shape index (κ1) is 14.9. The Labute approximate surface area is 131 Å². The number of hydrogen-bond acceptors (Lipinski definition) is 8. The molecule has 0 saturated carbocycles. The van der Waals surface area contributed by atoms with Crippen LogP contribution in [0.5, 0.6) is 0 Å². The van der Waals surface area contributed by atoms with Gasteiger partial charge in [0, 0.05) is 0 Å². The summed E-state index contributed by atoms with van der Waals surface area (Å²) >= 11 is 9.00. The number of fused-ring (bicyclic) bond motifs is 1. The fourth-order valence-corrected chi connectivity index (χ4v) is 2.98. The van der Waals surface area contributed by atoms with Crippen LogP contribution < -0.4 is 5.73 Å². The van der Waals surface area contributed by atoms with E-state index in [9.17, 15) is 10.2 Å². The number of nitrogens with zero attached hydrogens (tertiary/aromatic N) is 4. The average molecular weight is 381 g/mol. The maximum absolute atomic E-state index is 10.1. The minimum absolute atomic E-state index is 0.0798. The Balaban J connectivity index is 2.15. The highest BCUT2D eigenvalue weighted by molar-refractivity contribution is 9.10. The zero-order valence-electron chi connectivity index (χ0n) is 10.4. The smallest absolute Gasteiger partial charge is 0.226 e. The summed E-state index contributed by atoms with van der Waals surface area (Å²) in [5, 5.41) is 29.0. The van der Waals surface area contributed by atoms with E-state index in [0.717, 1.165) is 0 Å². The lowest BCUT2D eigenvalue weighted by Crippen LogP contribution is -2.33. The summed E-state index contributed by atoms with van der Waals surface area (Å²) in [5.74, 6) is 0.0798. The van der Waals surface area contributed by atoms with Crippen LogP contribution in [0.1, 0.15) is 6.23 Å². The number of ether oxygens (including phenoxy) is 1. The number of nitrogens with two attached hydrogens (primary N) is 1. The Kier molecular flexibility index (Phi) is 3.76. The molecular formula is C10H11BrClN5O4. The van der Waals surface area contributed by atoms with E-state index in [1.165, 1.54) is 4.57 Å². The van der Waals surface area contributed by atoms with E-state index in [0.29, 0.717) is 0 Å². The molecule has 4 atom stereocenters. The van der Waals surface area contributed by atoms with E-state index in [-0.39, 0.29) is 27.0 Å². The third-order valence-corrected chi connectivity index (χ3v) is 4.00. The lowest BCUT2D eigenvalue weighted by atomic mass is 10.1. The molecule has 21 heavy (non-hydrogen) atoms. The molecule has 0 radical (unpaired) electrons. The highest BCUT2D eigenvalue weighted by Crippen LogP contribution is 2.35. The molecule has 9 nitrogen and oxygen atoms in total. The molecule has 1 aliphatic rings. The van der Waals surface area contributed by atoms with Crippen molar-refractivity contribution in [2.45, 2.75) is 24.5 Å². The van der Waals surface area contributed by atoms with E-state index < -0.39 is 31.1 Å². The first-order valence-electron chi connectivity index (χ1n) is 5.93. The Hall–Kier alpha value is -1.04. The molecule has 1 aliphatic heterocycles. The Morgan fingerprint density at radius 3 is 2.62 bits per heavy atom. The van der Waals surface area contributed by atoms with Gasteiger partial charge in [0.05, 0.1) is 6.61 Å². The Morgan fingerprint density at radius 1 is 1.29 bits per heavy atom. The molecule has 0 aromatic carbocycles. The maximum atomic E-state index is 10.1. The van der Waals surface area contributed by atoms with Gasteiger partial charge < -0.3 is 25.8 Å². The first-order chi connectivity index (χ1) is 9.93. The van der Waals surface area contributed by atoms with Crippen molar-refractivity contribution >= 4 is 44.5 Å². The fraction of sp³-hybridized carbons (Fsp3) is 0.500. The molecule has 0 spiro atoms. The Bertz CT molecular complexity index is 698. The molecule has 2 aromatic heterocycles. The van der Waals surface area contributed by atoms with Gasteiger partial charge in [-0.3, -0.25) is 4.57 Å². The minimum Gasteiger partial charge on any atom is -0.394 e. The molecule has 0 amide bonds. The topological polar surface area (TPSA) is 140 Å². The molecular weight excluding hydrogens is 369 g/mol. The number of aromatic nitrogens is 4. The number of imidazole rings is 1. The van der Waals surface area contributed by atoms with E-state index in [4.69, 9.17) is 27.2 Å². The van der Waals surface area contributed by atoms with Crippen LogP contribution in [0.3, 0.4) is 0 Å². The SMILES string of the molecule is Nc1nc(Cl)nc2c1nc(Br)n2[C@@H]1O[C@H](CO)[C@@H](O)[C@H]1O. The van der Waals surface area contributed by atoms with Crippen molar-refractivity contribution < 1.29 is 20.1 Å². The van der Waals surface area contributed by atoms with Gasteiger partial charge in [0.2, 0.25) is 5.28 Å². The highest BCUT2D eigenvalue weighted by Gasteiger charge is 2.44. The van der Waals surface area contributed by atoms with Crippen LogP contribution in [0.4, 0.5) is 5.82 Å². The fourth-order valence-electron chi connectivity index (χ4n) is 2.26. The van der Waals surface area contributed by atoms with E-state index in [1.807, 2.05) is 0 Å². The van der Waals surface area contributed by atoms with Crippen molar-refractivity contribution in [2.24, 2.45) is 0 Å². The zero-order valence-corrected chi connectivity index (χ0v) is 12.7. The molecule has 3 heterocycles. The van der Waals surface area contributed by atoms with Gasteiger partial charge in [-0.05, 0) is 27.5 Å². The average Bonchev–Trinajstić information content (AvgIpc) is 2.89. The lowest BCUT2D eigenvalue weighted by Gasteiger charge is -2.17. The predicted molar refractivity (Wildman–Crippen MR) is 75.5 cm³/mol. The lowest BCUT2D eigenvalue weighted by molar-refractivity contribution is -0.0521. The van der Waals surface area contributed by atoms with Crippen LogP contribution in [0, 0.1) is 0 Å². The molecule has 5 N–H and O–H groups in total. The molecule has 11 heteroatoms. The van der Waals surface area contributed by atoms with Crippen LogP contribution in [0.15, 0.2) is 4.73 Å². The normalized spacial score (nSPS) is 29.4. The van der Waals surface area contributed by atoms with E-state index in [2.05, 4.69) is 30.9 Å². The van der Waals surface area contributed by atoms with E-state index >= 15 is 0 Å². The molecule has 3 rings (SSSR count). The van der Waals surface area contributed by atoms with Crippen molar-refractivity contribution in [3.05, 3.63) is 10.0 Å². The molecule has 0 unspecified atom stereocenters. The van der Waals surface area contributed by atoms with Crippen molar-refractivity contribution in [3.8, 4) is 0 Å². The van der Waals surface area contributed by atoms with Gasteiger partial charge in [-0.1, -0.05) is 0 Å². The van der Waals surface area contributed by atoms with Crippen molar-refractivity contribution in [1.82, 2.24) is 19.5 Å². The van der Waals surface area contributed by atoms with Crippen LogP contribution in [0.2, 0.25) is 5.28 Å². The number of nitrogen functional groups attached to an aromatic ring is 1. The highest BCUT2D eigenvalue weighted by atomic mass is 79.9. The van der Waals surface area contributed by atoms with Gasteiger partial charge in [0.25, 0.3) is 0 Å². The number of hydrogen-bond donors (Lipinski definition) is 4. The Morgan fingerprint density at radius 2 is 2.00 bits per heavy atom. The van der Waals surface area contributed by atoms with Crippen LogP contribution in [-0.4, -0.2) is 59.8 Å². The van der Waals surface area contributed by atoms with Crippen LogP contribution >= 0.6 is 27.5 Å². The summed E-state index contributed by atoms with van der Waals surface area (Å²) < 4.78 is 7.11. The number of rotatable bonds is 2. The van der Waals surface area contributed by atoms with Crippen molar-refractivity contribution in [3.63, 3.8) is 0 Å². The summed E-state index contributed by atoms with van der Waals surface area (Å²) in [5.41, 5.74) is 6.25. The third-order valence-electron chi connectivity index (χ3n) is 3.27. The van der Waals surface area contributed by atoms with E-state index in [1.54, 1.807) is 0 Å². The summed E-state index contributed by atoms with van der Waals surface area (Å²) in [6.45, 7) is -0.434. The second-order valence-corrected chi connectivity index (χ2v) is 5.58. The van der Waals surface area contributed by atoms with Gasteiger partial charge in [-0.15, -0.1) is 0 Å². The summed E-state index contributed by atoms with van der Waals surface area (Å²) in [6.07, 6.45) is -4.42. The summed E-state index contributed by atoms with van der Waals surface area (Å²) in [6, 6.07) is 0. The molecule has 2 aromatic rings. The van der Waals surface area contributed by atoms with Crippen molar-refractivity contribution in [2.75, 3.05) is 12.3 Å². The number of anilines is 1. The third kappa shape index (κ3) is 2.28. The van der Waals surface area contributed by atoms with Crippen molar-refractivity contribution in [1.29, 1.82) is 0 Å². The minimum atomic E-state index is -1.27. The zero-order chi connectivity index (χ0) is 15.3. The number of halogens is 2. The van der Waals surface area contributed by atoms with Gasteiger partial charge >= 0.3 is 0 Å². The number of aliphatic hydroxyl groups excluding tert-OH is 3. The molecule has 1 saturated heterocycles. The van der Waals surface area contributed by atoms with Crippen LogP contribution in [0.25, 0.3) is 11.2 Å². The number of aliphatic hydroxyl groups is 3. The monoisotopic (exact) mass is 379 g/mol. The molecule has 114 valence electrons. The van der Waals surface area contributed by atoms with Gasteiger partial charge in [-0.2, -0.15) is 9.97 Å². The second-order valence-electron chi connectivity index (χ2n) is 4.53. The van der Waals surface area contributed by atoms with Gasteiger partial charge in [0.1, 0.15) is 18.3 Å². The second kappa shape index (κ2) is 5.30.